The lowest BCUT2D eigenvalue weighted by Gasteiger charge is -2.03. The lowest BCUT2D eigenvalue weighted by atomic mass is 10.1. The van der Waals surface area contributed by atoms with Crippen LogP contribution in [-0.4, -0.2) is 28.5 Å². The van der Waals surface area contributed by atoms with E-state index in [4.69, 9.17) is 9.52 Å². The van der Waals surface area contributed by atoms with E-state index in [0.29, 0.717) is 12.2 Å². The first kappa shape index (κ1) is 17.2. The molecule has 0 radical (unpaired) electrons. The van der Waals surface area contributed by atoms with Crippen LogP contribution < -0.4 is 5.32 Å². The van der Waals surface area contributed by atoms with Gasteiger partial charge in [0.15, 0.2) is 0 Å². The van der Waals surface area contributed by atoms with Crippen LogP contribution >= 0.6 is 11.3 Å². The minimum Gasteiger partial charge on any atom is -0.481 e. The number of furan rings is 1. The third kappa shape index (κ3) is 5.86. The molecule has 0 aliphatic heterocycles. The highest BCUT2D eigenvalue weighted by molar-refractivity contribution is 7.13. The second-order valence-electron chi connectivity index (χ2n) is 5.22. The van der Waals surface area contributed by atoms with Gasteiger partial charge in [0.05, 0.1) is 6.26 Å². The smallest absolute Gasteiger partial charge is 0.303 e. The summed E-state index contributed by atoms with van der Waals surface area (Å²) in [6.07, 6.45) is 7.91. The monoisotopic (exact) mass is 336 g/mol. The van der Waals surface area contributed by atoms with Crippen LogP contribution in [0.25, 0.3) is 10.6 Å². The van der Waals surface area contributed by atoms with Crippen LogP contribution in [0.4, 0.5) is 0 Å². The molecular formula is C16H20N2O4S. The van der Waals surface area contributed by atoms with Crippen molar-refractivity contribution >= 4 is 23.2 Å². The molecule has 0 saturated carbocycles. The number of amides is 1. The fourth-order valence-electron chi connectivity index (χ4n) is 2.12. The van der Waals surface area contributed by atoms with Crippen molar-refractivity contribution in [3.8, 4) is 10.6 Å². The van der Waals surface area contributed by atoms with Gasteiger partial charge in [0.2, 0.25) is 0 Å². The Morgan fingerprint density at radius 2 is 2.00 bits per heavy atom. The second-order valence-corrected chi connectivity index (χ2v) is 6.08. The summed E-state index contributed by atoms with van der Waals surface area (Å²) >= 11 is 1.41. The molecule has 0 unspecified atom stereocenters. The lowest BCUT2D eigenvalue weighted by molar-refractivity contribution is -0.137. The van der Waals surface area contributed by atoms with Crippen LogP contribution in [0.5, 0.6) is 0 Å². The lowest BCUT2D eigenvalue weighted by Crippen LogP contribution is -2.24. The van der Waals surface area contributed by atoms with Crippen molar-refractivity contribution in [2.75, 3.05) is 6.54 Å². The van der Waals surface area contributed by atoms with Crippen molar-refractivity contribution in [1.82, 2.24) is 10.3 Å². The summed E-state index contributed by atoms with van der Waals surface area (Å²) in [5.74, 6) is -0.905. The van der Waals surface area contributed by atoms with E-state index >= 15 is 0 Å². The fourth-order valence-corrected chi connectivity index (χ4v) is 2.91. The van der Waals surface area contributed by atoms with Crippen LogP contribution in [0.1, 0.15) is 49.0 Å². The quantitative estimate of drug-likeness (QED) is 0.647. The van der Waals surface area contributed by atoms with Gasteiger partial charge in [-0.05, 0) is 18.9 Å². The zero-order chi connectivity index (χ0) is 16.5. The van der Waals surface area contributed by atoms with Crippen molar-refractivity contribution in [1.29, 1.82) is 0 Å². The van der Waals surface area contributed by atoms with E-state index in [9.17, 15) is 9.59 Å². The number of rotatable bonds is 10. The first-order valence-corrected chi connectivity index (χ1v) is 8.53. The van der Waals surface area contributed by atoms with Gasteiger partial charge in [-0.2, -0.15) is 0 Å². The summed E-state index contributed by atoms with van der Waals surface area (Å²) in [5.41, 5.74) is 1.29. The summed E-state index contributed by atoms with van der Waals surface area (Å²) < 4.78 is 5.01. The molecule has 7 heteroatoms. The molecule has 2 aromatic rings. The van der Waals surface area contributed by atoms with Gasteiger partial charge in [-0.3, -0.25) is 9.59 Å². The van der Waals surface area contributed by atoms with Gasteiger partial charge in [0, 0.05) is 23.9 Å². The highest BCUT2D eigenvalue weighted by atomic mass is 32.1. The number of unbranched alkanes of at least 4 members (excludes halogenated alkanes) is 4. The van der Waals surface area contributed by atoms with E-state index in [-0.39, 0.29) is 12.3 Å². The van der Waals surface area contributed by atoms with Crippen LogP contribution in [0, 0.1) is 0 Å². The first-order chi connectivity index (χ1) is 11.2. The van der Waals surface area contributed by atoms with Gasteiger partial charge in [0.1, 0.15) is 17.0 Å². The van der Waals surface area contributed by atoms with Crippen molar-refractivity contribution in [2.45, 2.75) is 38.5 Å². The molecule has 0 aliphatic carbocycles. The summed E-state index contributed by atoms with van der Waals surface area (Å²) in [5, 5.41) is 13.9. The Labute approximate surface area is 138 Å². The summed E-state index contributed by atoms with van der Waals surface area (Å²) in [7, 11) is 0. The maximum Gasteiger partial charge on any atom is 0.303 e. The normalized spacial score (nSPS) is 10.6. The number of carboxylic acid groups (broad SMARTS) is 1. The summed E-state index contributed by atoms with van der Waals surface area (Å²) in [4.78, 5) is 26.6. The third-order valence-corrected chi connectivity index (χ3v) is 4.25. The van der Waals surface area contributed by atoms with Crippen LogP contribution in [0.2, 0.25) is 0 Å². The molecule has 0 saturated heterocycles. The Morgan fingerprint density at radius 3 is 2.74 bits per heavy atom. The zero-order valence-corrected chi connectivity index (χ0v) is 13.6. The Kier molecular flexibility index (Phi) is 6.80. The number of carbonyl (C=O) groups excluding carboxylic acids is 1. The number of hydrogen-bond donors (Lipinski definition) is 2. The van der Waals surface area contributed by atoms with E-state index in [1.807, 2.05) is 6.07 Å². The average molecular weight is 336 g/mol. The van der Waals surface area contributed by atoms with Crippen molar-refractivity contribution < 1.29 is 19.1 Å². The molecule has 0 aliphatic rings. The molecule has 2 rings (SSSR count). The van der Waals surface area contributed by atoms with E-state index in [0.717, 1.165) is 42.7 Å². The second kappa shape index (κ2) is 9.09. The van der Waals surface area contributed by atoms with Crippen molar-refractivity contribution in [3.05, 3.63) is 29.7 Å². The first-order valence-electron chi connectivity index (χ1n) is 7.65. The molecule has 0 aromatic carbocycles. The third-order valence-electron chi connectivity index (χ3n) is 3.36. The van der Waals surface area contributed by atoms with Crippen LogP contribution in [-0.2, 0) is 4.79 Å². The molecule has 0 bridgehead atoms. The molecule has 6 nitrogen and oxygen atoms in total. The number of thiazole rings is 1. The standard InChI is InChI=1S/C16H20N2O4S/c19-14(20)6-4-2-1-3-5-8-17-15(21)13-11-23-16(18-13)12-7-9-22-10-12/h7,9-11H,1-6,8H2,(H,17,21)(H,19,20). The zero-order valence-electron chi connectivity index (χ0n) is 12.8. The molecule has 2 heterocycles. The van der Waals surface area contributed by atoms with E-state index in [1.54, 1.807) is 17.9 Å². The van der Waals surface area contributed by atoms with Crippen LogP contribution in [0.15, 0.2) is 28.4 Å². The maximum absolute atomic E-state index is 12.0. The van der Waals surface area contributed by atoms with Crippen LogP contribution in [0.3, 0.4) is 0 Å². The average Bonchev–Trinajstić information content (AvgIpc) is 3.19. The van der Waals surface area contributed by atoms with Gasteiger partial charge in [-0.25, -0.2) is 4.98 Å². The topological polar surface area (TPSA) is 92.4 Å². The van der Waals surface area contributed by atoms with Gasteiger partial charge >= 0.3 is 5.97 Å². The number of hydrogen-bond acceptors (Lipinski definition) is 5. The minimum absolute atomic E-state index is 0.165. The predicted octanol–water partition coefficient (Wildman–Crippen LogP) is 3.56. The van der Waals surface area contributed by atoms with Gasteiger partial charge < -0.3 is 14.8 Å². The van der Waals surface area contributed by atoms with Gasteiger partial charge in [0.25, 0.3) is 5.91 Å². The molecule has 0 spiro atoms. The van der Waals surface area contributed by atoms with E-state index < -0.39 is 5.97 Å². The number of carbonyl (C=O) groups is 2. The number of aromatic nitrogens is 1. The number of nitrogens with one attached hydrogen (secondary N) is 1. The van der Waals surface area contributed by atoms with Crippen molar-refractivity contribution in [3.63, 3.8) is 0 Å². The Morgan fingerprint density at radius 1 is 1.22 bits per heavy atom. The number of aliphatic carboxylic acids is 1. The Bertz CT molecular complexity index is 622. The Balaban J connectivity index is 1.61. The highest BCUT2D eigenvalue weighted by Crippen LogP contribution is 2.23. The molecule has 23 heavy (non-hydrogen) atoms. The molecule has 1 amide bonds. The summed E-state index contributed by atoms with van der Waals surface area (Å²) in [6, 6.07) is 1.81. The Hall–Kier alpha value is -2.15. The summed E-state index contributed by atoms with van der Waals surface area (Å²) in [6.45, 7) is 0.607. The van der Waals surface area contributed by atoms with Gasteiger partial charge in [-0.1, -0.05) is 19.3 Å². The minimum atomic E-state index is -0.740. The van der Waals surface area contributed by atoms with Gasteiger partial charge in [-0.15, -0.1) is 11.3 Å². The van der Waals surface area contributed by atoms with E-state index in [2.05, 4.69) is 10.3 Å². The largest absolute Gasteiger partial charge is 0.481 e. The predicted molar refractivity (Wildman–Crippen MR) is 87.5 cm³/mol. The maximum atomic E-state index is 12.0. The molecule has 124 valence electrons. The molecule has 2 N–H and O–H groups in total. The molecule has 0 fully saturated rings. The highest BCUT2D eigenvalue weighted by Gasteiger charge is 2.11. The number of carboxylic acids is 1. The molecule has 0 atom stereocenters. The molecular weight excluding hydrogens is 316 g/mol. The number of nitrogens with zero attached hydrogens (tertiary/aromatic N) is 1. The SMILES string of the molecule is O=C(O)CCCCCCCNC(=O)c1csc(-c2ccoc2)n1. The fraction of sp³-hybridized carbons (Fsp3) is 0.438. The van der Waals surface area contributed by atoms with E-state index in [1.165, 1.54) is 11.3 Å². The van der Waals surface area contributed by atoms with Crippen molar-refractivity contribution in [2.24, 2.45) is 0 Å². The molecule has 2 aromatic heterocycles.